The first-order chi connectivity index (χ1) is 9.74. The van der Waals surface area contributed by atoms with E-state index in [1.165, 1.54) is 50.2 Å². The third-order valence-electron chi connectivity index (χ3n) is 4.62. The van der Waals surface area contributed by atoms with Gasteiger partial charge < -0.3 is 10.2 Å². The largest absolute Gasteiger partial charge is 0.306 e. The topological polar surface area (TPSA) is 15.3 Å². The standard InChI is InChI=1S/C17H30N2S/c1-4-8-16(17-10-7-12-20-17)18-14(3)15-9-6-11-19(5-2)13-15/h7,10,12,14-16,18H,4-6,8-9,11,13H2,1-3H3. The summed E-state index contributed by atoms with van der Waals surface area (Å²) in [6.07, 6.45) is 5.24. The zero-order valence-electron chi connectivity index (χ0n) is 13.3. The normalized spacial score (nSPS) is 23.6. The van der Waals surface area contributed by atoms with Crippen LogP contribution in [0.2, 0.25) is 0 Å². The van der Waals surface area contributed by atoms with Crippen LogP contribution < -0.4 is 5.32 Å². The molecule has 1 fully saturated rings. The highest BCUT2D eigenvalue weighted by Crippen LogP contribution is 2.26. The zero-order valence-corrected chi connectivity index (χ0v) is 14.1. The molecular formula is C17H30N2S. The minimum Gasteiger partial charge on any atom is -0.306 e. The van der Waals surface area contributed by atoms with E-state index < -0.39 is 0 Å². The van der Waals surface area contributed by atoms with Gasteiger partial charge in [0.05, 0.1) is 0 Å². The third kappa shape index (κ3) is 4.31. The second-order valence-corrected chi connectivity index (χ2v) is 7.09. The van der Waals surface area contributed by atoms with Crippen molar-refractivity contribution in [3.63, 3.8) is 0 Å². The molecule has 0 radical (unpaired) electrons. The summed E-state index contributed by atoms with van der Waals surface area (Å²) in [5.74, 6) is 0.808. The summed E-state index contributed by atoms with van der Waals surface area (Å²) in [5, 5.41) is 6.12. The van der Waals surface area contributed by atoms with Crippen molar-refractivity contribution in [3.8, 4) is 0 Å². The smallest absolute Gasteiger partial charge is 0.0416 e. The first-order valence-corrected chi connectivity index (χ1v) is 9.14. The Morgan fingerprint density at radius 2 is 2.30 bits per heavy atom. The van der Waals surface area contributed by atoms with Gasteiger partial charge in [-0.15, -0.1) is 11.3 Å². The molecule has 3 unspecified atom stereocenters. The average molecular weight is 295 g/mol. The van der Waals surface area contributed by atoms with Crippen molar-refractivity contribution in [3.05, 3.63) is 22.4 Å². The summed E-state index contributed by atoms with van der Waals surface area (Å²) in [6, 6.07) is 5.62. The van der Waals surface area contributed by atoms with Gasteiger partial charge in [0.25, 0.3) is 0 Å². The van der Waals surface area contributed by atoms with Crippen LogP contribution in [0.15, 0.2) is 17.5 Å². The molecule has 2 nitrogen and oxygen atoms in total. The molecule has 0 spiro atoms. The second kappa shape index (κ2) is 8.16. The predicted molar refractivity (Wildman–Crippen MR) is 89.4 cm³/mol. The molecule has 0 aromatic carbocycles. The summed E-state index contributed by atoms with van der Waals surface area (Å²) in [6.45, 7) is 10.7. The maximum Gasteiger partial charge on any atom is 0.0416 e. The highest BCUT2D eigenvalue weighted by atomic mass is 32.1. The molecule has 20 heavy (non-hydrogen) atoms. The van der Waals surface area contributed by atoms with E-state index in [1.807, 2.05) is 11.3 Å². The quantitative estimate of drug-likeness (QED) is 0.806. The van der Waals surface area contributed by atoms with E-state index in [0.29, 0.717) is 12.1 Å². The molecular weight excluding hydrogens is 264 g/mol. The molecule has 114 valence electrons. The molecule has 1 aromatic rings. The molecule has 3 heteroatoms. The average Bonchev–Trinajstić information content (AvgIpc) is 3.01. The zero-order chi connectivity index (χ0) is 14.4. The van der Waals surface area contributed by atoms with Crippen molar-refractivity contribution in [2.45, 2.75) is 58.5 Å². The molecule has 1 aromatic heterocycles. The van der Waals surface area contributed by atoms with E-state index in [0.717, 1.165) is 5.92 Å². The number of hydrogen-bond acceptors (Lipinski definition) is 3. The maximum absolute atomic E-state index is 3.92. The number of nitrogens with one attached hydrogen (secondary N) is 1. The fourth-order valence-corrected chi connectivity index (χ4v) is 4.15. The Labute approximate surface area is 128 Å². The fourth-order valence-electron chi connectivity index (χ4n) is 3.33. The van der Waals surface area contributed by atoms with Gasteiger partial charge in [0.2, 0.25) is 0 Å². The summed E-state index contributed by atoms with van der Waals surface area (Å²) in [7, 11) is 0. The molecule has 1 N–H and O–H groups in total. The summed E-state index contributed by atoms with van der Waals surface area (Å²) in [4.78, 5) is 4.11. The van der Waals surface area contributed by atoms with E-state index in [4.69, 9.17) is 0 Å². The van der Waals surface area contributed by atoms with E-state index in [1.54, 1.807) is 0 Å². The number of piperidine rings is 1. The lowest BCUT2D eigenvalue weighted by Gasteiger charge is -2.37. The van der Waals surface area contributed by atoms with Crippen LogP contribution in [-0.2, 0) is 0 Å². The molecule has 0 bridgehead atoms. The molecule has 1 saturated heterocycles. The van der Waals surface area contributed by atoms with Gasteiger partial charge in [0.1, 0.15) is 0 Å². The van der Waals surface area contributed by atoms with Gasteiger partial charge in [-0.05, 0) is 56.6 Å². The Morgan fingerprint density at radius 3 is 2.95 bits per heavy atom. The van der Waals surface area contributed by atoms with Crippen LogP contribution in [-0.4, -0.2) is 30.6 Å². The summed E-state index contributed by atoms with van der Waals surface area (Å²) in [5.41, 5.74) is 0. The molecule has 0 aliphatic carbocycles. The minimum atomic E-state index is 0.548. The Balaban J connectivity index is 1.92. The molecule has 3 atom stereocenters. The van der Waals surface area contributed by atoms with Gasteiger partial charge in [-0.2, -0.15) is 0 Å². The van der Waals surface area contributed by atoms with Crippen molar-refractivity contribution in [1.82, 2.24) is 10.2 Å². The van der Waals surface area contributed by atoms with Crippen LogP contribution in [0.5, 0.6) is 0 Å². The van der Waals surface area contributed by atoms with Crippen LogP contribution in [0.1, 0.15) is 57.4 Å². The number of nitrogens with zero attached hydrogens (tertiary/aromatic N) is 1. The van der Waals surface area contributed by atoms with Gasteiger partial charge in [-0.1, -0.05) is 26.3 Å². The number of hydrogen-bond donors (Lipinski definition) is 1. The highest BCUT2D eigenvalue weighted by Gasteiger charge is 2.25. The fraction of sp³-hybridized carbons (Fsp3) is 0.765. The third-order valence-corrected chi connectivity index (χ3v) is 5.61. The number of rotatable bonds is 7. The van der Waals surface area contributed by atoms with Crippen LogP contribution >= 0.6 is 11.3 Å². The predicted octanol–water partition coefficient (Wildman–Crippen LogP) is 4.30. The number of thiophene rings is 1. The Kier molecular flexibility index (Phi) is 6.53. The number of likely N-dealkylation sites (tertiary alicyclic amines) is 1. The van der Waals surface area contributed by atoms with Crippen molar-refractivity contribution in [1.29, 1.82) is 0 Å². The van der Waals surface area contributed by atoms with E-state index in [-0.39, 0.29) is 0 Å². The van der Waals surface area contributed by atoms with E-state index >= 15 is 0 Å². The summed E-state index contributed by atoms with van der Waals surface area (Å²) < 4.78 is 0. The SMILES string of the molecule is CCCC(NC(C)C1CCCN(CC)C1)c1cccs1. The molecule has 0 saturated carbocycles. The lowest BCUT2D eigenvalue weighted by Crippen LogP contribution is -2.45. The van der Waals surface area contributed by atoms with Crippen molar-refractivity contribution >= 4 is 11.3 Å². The van der Waals surface area contributed by atoms with Crippen molar-refractivity contribution in [2.75, 3.05) is 19.6 Å². The highest BCUT2D eigenvalue weighted by molar-refractivity contribution is 7.10. The lowest BCUT2D eigenvalue weighted by atomic mass is 9.90. The van der Waals surface area contributed by atoms with Crippen molar-refractivity contribution < 1.29 is 0 Å². The van der Waals surface area contributed by atoms with Crippen LogP contribution in [0, 0.1) is 5.92 Å². The first kappa shape index (κ1) is 16.0. The molecule has 1 aliphatic rings. The maximum atomic E-state index is 3.92. The first-order valence-electron chi connectivity index (χ1n) is 8.26. The Hall–Kier alpha value is -0.380. The van der Waals surface area contributed by atoms with Gasteiger partial charge in [0.15, 0.2) is 0 Å². The molecule has 1 aliphatic heterocycles. The Morgan fingerprint density at radius 1 is 1.45 bits per heavy atom. The van der Waals surface area contributed by atoms with Crippen LogP contribution in [0.3, 0.4) is 0 Å². The van der Waals surface area contributed by atoms with Gasteiger partial charge in [-0.25, -0.2) is 0 Å². The Bertz CT molecular complexity index is 363. The minimum absolute atomic E-state index is 0.548. The van der Waals surface area contributed by atoms with Crippen LogP contribution in [0.4, 0.5) is 0 Å². The monoisotopic (exact) mass is 294 g/mol. The second-order valence-electron chi connectivity index (χ2n) is 6.11. The van der Waals surface area contributed by atoms with E-state index in [2.05, 4.69) is 48.5 Å². The van der Waals surface area contributed by atoms with Gasteiger partial charge >= 0.3 is 0 Å². The van der Waals surface area contributed by atoms with Gasteiger partial charge in [-0.3, -0.25) is 0 Å². The molecule has 0 amide bonds. The molecule has 2 heterocycles. The van der Waals surface area contributed by atoms with E-state index in [9.17, 15) is 0 Å². The van der Waals surface area contributed by atoms with Gasteiger partial charge in [0, 0.05) is 23.5 Å². The van der Waals surface area contributed by atoms with Crippen molar-refractivity contribution in [2.24, 2.45) is 5.92 Å². The summed E-state index contributed by atoms with van der Waals surface area (Å²) >= 11 is 1.89. The molecule has 2 rings (SSSR count). The lowest BCUT2D eigenvalue weighted by molar-refractivity contribution is 0.152. The van der Waals surface area contributed by atoms with Crippen LogP contribution in [0.25, 0.3) is 0 Å².